The number of nitro benzene ring substituents is 1. The molecule has 0 spiro atoms. The summed E-state index contributed by atoms with van der Waals surface area (Å²) >= 11 is 0. The van der Waals surface area contributed by atoms with E-state index in [1.165, 1.54) is 37.4 Å². The topological polar surface area (TPSA) is 114 Å². The summed E-state index contributed by atoms with van der Waals surface area (Å²) in [7, 11) is 3.07. The molecule has 0 aliphatic heterocycles. The molecule has 3 aromatic rings. The van der Waals surface area contributed by atoms with Crippen molar-refractivity contribution in [1.29, 1.82) is 0 Å². The predicted molar refractivity (Wildman–Crippen MR) is 98.6 cm³/mol. The summed E-state index contributed by atoms with van der Waals surface area (Å²) in [4.78, 5) is 22.6. The van der Waals surface area contributed by atoms with E-state index < -0.39 is 10.9 Å². The van der Waals surface area contributed by atoms with Gasteiger partial charge in [0.2, 0.25) is 5.88 Å². The number of carbonyl (C=O) groups excluding carboxylic acids is 1. The van der Waals surface area contributed by atoms with Gasteiger partial charge in [0.1, 0.15) is 17.1 Å². The van der Waals surface area contributed by atoms with Crippen molar-refractivity contribution in [2.75, 3.05) is 14.2 Å². The first kappa shape index (κ1) is 18.8. The van der Waals surface area contributed by atoms with Crippen LogP contribution in [0.4, 0.5) is 5.69 Å². The molecule has 0 saturated heterocycles. The van der Waals surface area contributed by atoms with Crippen LogP contribution >= 0.6 is 0 Å². The van der Waals surface area contributed by atoms with E-state index in [1.807, 2.05) is 0 Å². The summed E-state index contributed by atoms with van der Waals surface area (Å²) in [5.74, 6) is 0.200. The summed E-state index contributed by atoms with van der Waals surface area (Å²) in [6.45, 7) is 0. The Kier molecular flexibility index (Phi) is 5.45. The molecule has 28 heavy (non-hydrogen) atoms. The lowest BCUT2D eigenvalue weighted by atomic mass is 10.1. The zero-order valence-corrected chi connectivity index (χ0v) is 15.0. The Morgan fingerprint density at radius 2 is 1.79 bits per heavy atom. The van der Waals surface area contributed by atoms with Crippen molar-refractivity contribution in [2.24, 2.45) is 0 Å². The summed E-state index contributed by atoms with van der Waals surface area (Å²) in [5, 5.41) is 18.9. The summed E-state index contributed by atoms with van der Waals surface area (Å²) in [5.41, 5.74) is 0.596. The van der Waals surface area contributed by atoms with Crippen LogP contribution in [-0.4, -0.2) is 35.3 Å². The van der Waals surface area contributed by atoms with Crippen LogP contribution < -0.4 is 14.2 Å². The molecule has 1 aromatic heterocycles. The largest absolute Gasteiger partial charge is 0.497 e. The highest BCUT2D eigenvalue weighted by Crippen LogP contribution is 2.32. The SMILES string of the molecule is COc1ccc(OC)c(-c2ccc(OC(=O)c3ccccc3[N+](=O)[O-])nn2)c1. The maximum Gasteiger partial charge on any atom is 0.351 e. The molecule has 9 heteroatoms. The molecule has 0 bridgehead atoms. The molecule has 0 N–H and O–H groups in total. The van der Waals surface area contributed by atoms with Crippen LogP contribution in [0.2, 0.25) is 0 Å². The molecule has 142 valence electrons. The molecule has 9 nitrogen and oxygen atoms in total. The first-order valence-corrected chi connectivity index (χ1v) is 8.05. The monoisotopic (exact) mass is 381 g/mol. The second kappa shape index (κ2) is 8.12. The van der Waals surface area contributed by atoms with E-state index in [1.54, 1.807) is 31.4 Å². The maximum atomic E-state index is 12.2. The Morgan fingerprint density at radius 1 is 1.00 bits per heavy atom. The van der Waals surface area contributed by atoms with Crippen LogP contribution in [0.3, 0.4) is 0 Å². The van der Waals surface area contributed by atoms with Gasteiger partial charge in [-0.25, -0.2) is 4.79 Å². The standard InChI is InChI=1S/C19H15N3O6/c1-26-12-7-9-17(27-2)14(11-12)15-8-10-18(21-20-15)28-19(23)13-5-3-4-6-16(13)22(24)25/h3-11H,1-2H3. The Morgan fingerprint density at radius 3 is 2.43 bits per heavy atom. The molecular formula is C19H15N3O6. The number of aromatic nitrogens is 2. The quantitative estimate of drug-likeness (QED) is 0.363. The van der Waals surface area contributed by atoms with Crippen molar-refractivity contribution < 1.29 is 23.9 Å². The molecular weight excluding hydrogens is 366 g/mol. The van der Waals surface area contributed by atoms with Gasteiger partial charge in [-0.2, -0.15) is 0 Å². The predicted octanol–water partition coefficient (Wildman–Crippen LogP) is 3.29. The molecule has 0 unspecified atom stereocenters. The van der Waals surface area contributed by atoms with E-state index in [0.29, 0.717) is 22.8 Å². The first-order valence-electron chi connectivity index (χ1n) is 8.05. The zero-order chi connectivity index (χ0) is 20.1. The van der Waals surface area contributed by atoms with E-state index in [-0.39, 0.29) is 17.1 Å². The number of hydrogen-bond acceptors (Lipinski definition) is 8. The minimum Gasteiger partial charge on any atom is -0.497 e. The second-order valence-corrected chi connectivity index (χ2v) is 5.49. The van der Waals surface area contributed by atoms with Gasteiger partial charge < -0.3 is 14.2 Å². The number of para-hydroxylation sites is 1. The van der Waals surface area contributed by atoms with Gasteiger partial charge in [-0.1, -0.05) is 12.1 Å². The summed E-state index contributed by atoms with van der Waals surface area (Å²) < 4.78 is 15.6. The fraction of sp³-hybridized carbons (Fsp3) is 0.105. The Balaban J connectivity index is 1.84. The third-order valence-electron chi connectivity index (χ3n) is 3.84. The van der Waals surface area contributed by atoms with Crippen LogP contribution in [0.15, 0.2) is 54.6 Å². The zero-order valence-electron chi connectivity index (χ0n) is 15.0. The number of ether oxygens (including phenoxy) is 3. The molecule has 0 aliphatic rings. The Labute approximate surface area is 159 Å². The number of benzene rings is 2. The molecule has 0 fully saturated rings. The molecule has 0 amide bonds. The highest BCUT2D eigenvalue weighted by atomic mass is 16.6. The summed E-state index contributed by atoms with van der Waals surface area (Å²) in [6.07, 6.45) is 0. The van der Waals surface area contributed by atoms with Gasteiger partial charge in [-0.05, 0) is 30.3 Å². The molecule has 0 radical (unpaired) electrons. The minimum absolute atomic E-state index is 0.0891. The van der Waals surface area contributed by atoms with E-state index >= 15 is 0 Å². The molecule has 1 heterocycles. The van der Waals surface area contributed by atoms with Crippen molar-refractivity contribution in [3.05, 3.63) is 70.3 Å². The van der Waals surface area contributed by atoms with Crippen molar-refractivity contribution in [1.82, 2.24) is 10.2 Å². The van der Waals surface area contributed by atoms with Crippen molar-refractivity contribution in [3.8, 4) is 28.6 Å². The van der Waals surface area contributed by atoms with E-state index in [9.17, 15) is 14.9 Å². The number of esters is 1. The average molecular weight is 381 g/mol. The van der Waals surface area contributed by atoms with Gasteiger partial charge >= 0.3 is 5.97 Å². The molecule has 0 saturated carbocycles. The highest BCUT2D eigenvalue weighted by Gasteiger charge is 2.21. The van der Waals surface area contributed by atoms with Crippen LogP contribution in [0.25, 0.3) is 11.3 Å². The lowest BCUT2D eigenvalue weighted by molar-refractivity contribution is -0.385. The van der Waals surface area contributed by atoms with Crippen LogP contribution in [0, 0.1) is 10.1 Å². The smallest absolute Gasteiger partial charge is 0.351 e. The van der Waals surface area contributed by atoms with Crippen molar-refractivity contribution in [3.63, 3.8) is 0 Å². The number of hydrogen-bond donors (Lipinski definition) is 0. The van der Waals surface area contributed by atoms with Gasteiger partial charge in [0.05, 0.1) is 24.8 Å². The minimum atomic E-state index is -0.895. The third kappa shape index (κ3) is 3.88. The summed E-state index contributed by atoms with van der Waals surface area (Å²) in [6, 6.07) is 13.8. The Hall–Kier alpha value is -4.01. The number of rotatable bonds is 6. The lowest BCUT2D eigenvalue weighted by Crippen LogP contribution is -2.12. The molecule has 2 aromatic carbocycles. The van der Waals surface area contributed by atoms with Gasteiger partial charge in [0.15, 0.2) is 0 Å². The number of methoxy groups -OCH3 is 2. The van der Waals surface area contributed by atoms with Gasteiger partial charge in [0.25, 0.3) is 5.69 Å². The fourth-order valence-corrected chi connectivity index (χ4v) is 2.49. The number of nitro groups is 1. The Bertz CT molecular complexity index is 1020. The van der Waals surface area contributed by atoms with Crippen molar-refractivity contribution >= 4 is 11.7 Å². The molecule has 0 atom stereocenters. The molecule has 3 rings (SSSR count). The fourth-order valence-electron chi connectivity index (χ4n) is 2.49. The average Bonchev–Trinajstić information content (AvgIpc) is 2.73. The van der Waals surface area contributed by atoms with Gasteiger partial charge in [-0.15, -0.1) is 10.2 Å². The van der Waals surface area contributed by atoms with E-state index in [4.69, 9.17) is 14.2 Å². The van der Waals surface area contributed by atoms with Crippen LogP contribution in [0.5, 0.6) is 17.4 Å². The third-order valence-corrected chi connectivity index (χ3v) is 3.84. The van der Waals surface area contributed by atoms with E-state index in [0.717, 1.165) is 0 Å². The number of nitrogens with zero attached hydrogens (tertiary/aromatic N) is 3. The van der Waals surface area contributed by atoms with Crippen LogP contribution in [0.1, 0.15) is 10.4 Å². The van der Waals surface area contributed by atoms with Gasteiger partial charge in [-0.3, -0.25) is 10.1 Å². The molecule has 0 aliphatic carbocycles. The first-order chi connectivity index (χ1) is 13.5. The van der Waals surface area contributed by atoms with Crippen molar-refractivity contribution in [2.45, 2.75) is 0 Å². The lowest BCUT2D eigenvalue weighted by Gasteiger charge is -2.10. The second-order valence-electron chi connectivity index (χ2n) is 5.49. The van der Waals surface area contributed by atoms with Crippen LogP contribution in [-0.2, 0) is 0 Å². The highest BCUT2D eigenvalue weighted by molar-refractivity contribution is 5.95. The van der Waals surface area contributed by atoms with Gasteiger partial charge in [0, 0.05) is 17.7 Å². The number of carbonyl (C=O) groups is 1. The maximum absolute atomic E-state index is 12.2. The normalized spacial score (nSPS) is 10.2. The van der Waals surface area contributed by atoms with E-state index in [2.05, 4.69) is 10.2 Å².